The molecule has 0 saturated carbocycles. The van der Waals surface area contributed by atoms with Crippen LogP contribution in [-0.4, -0.2) is 54.2 Å². The van der Waals surface area contributed by atoms with E-state index in [1.807, 2.05) is 18.2 Å². The van der Waals surface area contributed by atoms with Crippen molar-refractivity contribution >= 4 is 11.8 Å². The van der Waals surface area contributed by atoms with Gasteiger partial charge in [-0.3, -0.25) is 9.59 Å². The third kappa shape index (κ3) is 3.70. The Balaban J connectivity index is 1.63. The summed E-state index contributed by atoms with van der Waals surface area (Å²) in [5, 5.41) is 13.1. The first-order chi connectivity index (χ1) is 11.5. The molecular weight excluding hydrogens is 308 g/mol. The molecule has 6 nitrogen and oxygen atoms in total. The molecule has 0 radical (unpaired) electrons. The number of amides is 2. The highest BCUT2D eigenvalue weighted by Gasteiger charge is 2.36. The van der Waals surface area contributed by atoms with Crippen LogP contribution in [-0.2, 0) is 22.4 Å². The lowest BCUT2D eigenvalue weighted by molar-refractivity contribution is -0.141. The Morgan fingerprint density at radius 3 is 3.04 bits per heavy atom. The average Bonchev–Trinajstić information content (AvgIpc) is 3.02. The van der Waals surface area contributed by atoms with Crippen LogP contribution in [0.2, 0.25) is 0 Å². The van der Waals surface area contributed by atoms with Gasteiger partial charge in [0.05, 0.1) is 25.0 Å². The maximum Gasteiger partial charge on any atom is 0.227 e. The Hall–Kier alpha value is -2.08. The van der Waals surface area contributed by atoms with Gasteiger partial charge in [-0.2, -0.15) is 0 Å². The van der Waals surface area contributed by atoms with Gasteiger partial charge >= 0.3 is 0 Å². The fourth-order valence-electron chi connectivity index (χ4n) is 3.49. The predicted molar refractivity (Wildman–Crippen MR) is 88.8 cm³/mol. The van der Waals surface area contributed by atoms with Crippen LogP contribution in [0.5, 0.6) is 5.75 Å². The molecule has 130 valence electrons. The number of hydrogen-bond acceptors (Lipinski definition) is 4. The number of carbonyl (C=O) groups excluding carboxylic acids is 2. The van der Waals surface area contributed by atoms with Crippen LogP contribution in [0.15, 0.2) is 18.2 Å². The van der Waals surface area contributed by atoms with Gasteiger partial charge in [-0.15, -0.1) is 0 Å². The molecule has 0 aromatic heterocycles. The largest absolute Gasteiger partial charge is 0.493 e. The molecule has 1 aromatic carbocycles. The summed E-state index contributed by atoms with van der Waals surface area (Å²) in [5.41, 5.74) is 0.986. The molecule has 0 spiro atoms. The van der Waals surface area contributed by atoms with E-state index < -0.39 is 5.60 Å². The Labute approximate surface area is 141 Å². The lowest BCUT2D eigenvalue weighted by Gasteiger charge is -2.39. The summed E-state index contributed by atoms with van der Waals surface area (Å²) in [6.45, 7) is 1.54. The highest BCUT2D eigenvalue weighted by molar-refractivity contribution is 5.80. The van der Waals surface area contributed by atoms with E-state index in [1.165, 1.54) is 0 Å². The Morgan fingerprint density at radius 1 is 1.42 bits per heavy atom. The molecule has 1 saturated heterocycles. The maximum absolute atomic E-state index is 12.6. The van der Waals surface area contributed by atoms with E-state index in [0.717, 1.165) is 23.3 Å². The van der Waals surface area contributed by atoms with Crippen LogP contribution < -0.4 is 10.1 Å². The van der Waals surface area contributed by atoms with E-state index in [0.29, 0.717) is 32.4 Å². The molecule has 2 aliphatic heterocycles. The lowest BCUT2D eigenvalue weighted by atomic mass is 9.89. The summed E-state index contributed by atoms with van der Waals surface area (Å²) in [6.07, 6.45) is 2.47. The summed E-state index contributed by atoms with van der Waals surface area (Å²) in [4.78, 5) is 25.8. The van der Waals surface area contributed by atoms with Crippen molar-refractivity contribution in [3.8, 4) is 5.75 Å². The number of ether oxygens (including phenoxy) is 1. The molecule has 24 heavy (non-hydrogen) atoms. The van der Waals surface area contributed by atoms with Crippen molar-refractivity contribution in [3.63, 3.8) is 0 Å². The smallest absolute Gasteiger partial charge is 0.227 e. The zero-order valence-electron chi connectivity index (χ0n) is 14.0. The van der Waals surface area contributed by atoms with Gasteiger partial charge in [0, 0.05) is 26.6 Å². The topological polar surface area (TPSA) is 78.9 Å². The number of benzene rings is 1. The molecule has 2 aliphatic rings. The zero-order chi connectivity index (χ0) is 17.2. The second-order valence-corrected chi connectivity index (χ2v) is 6.71. The molecule has 0 bridgehead atoms. The molecule has 1 fully saturated rings. The number of aliphatic hydroxyl groups is 1. The second-order valence-electron chi connectivity index (χ2n) is 6.71. The molecule has 1 aromatic rings. The number of nitrogens with one attached hydrogen (secondary N) is 1. The summed E-state index contributed by atoms with van der Waals surface area (Å²) in [5.74, 6) is 0.693. The molecule has 2 heterocycles. The Kier molecular flexibility index (Phi) is 4.76. The summed E-state index contributed by atoms with van der Waals surface area (Å²) >= 11 is 0. The Bertz CT molecular complexity index is 646. The van der Waals surface area contributed by atoms with Gasteiger partial charge < -0.3 is 20.1 Å². The minimum Gasteiger partial charge on any atom is -0.493 e. The molecule has 2 amide bonds. The third-order valence-electron chi connectivity index (χ3n) is 4.79. The van der Waals surface area contributed by atoms with E-state index in [9.17, 15) is 14.7 Å². The molecule has 2 N–H and O–H groups in total. The van der Waals surface area contributed by atoms with Gasteiger partial charge in [-0.1, -0.05) is 12.1 Å². The van der Waals surface area contributed by atoms with Gasteiger partial charge in [0.25, 0.3) is 0 Å². The molecule has 0 aliphatic carbocycles. The van der Waals surface area contributed by atoms with Gasteiger partial charge in [-0.05, 0) is 30.0 Å². The summed E-state index contributed by atoms with van der Waals surface area (Å²) in [6, 6.07) is 5.87. The van der Waals surface area contributed by atoms with E-state index in [2.05, 4.69) is 5.32 Å². The van der Waals surface area contributed by atoms with Crippen molar-refractivity contribution in [3.05, 3.63) is 29.3 Å². The zero-order valence-corrected chi connectivity index (χ0v) is 14.0. The summed E-state index contributed by atoms with van der Waals surface area (Å²) < 4.78 is 5.48. The molecule has 1 unspecified atom stereocenters. The molecular formula is C18H24N2O4. The number of rotatable bonds is 4. The molecule has 6 heteroatoms. The highest BCUT2D eigenvalue weighted by Crippen LogP contribution is 2.27. The predicted octanol–water partition coefficient (Wildman–Crippen LogP) is 0.654. The first-order valence-electron chi connectivity index (χ1n) is 8.44. The minimum absolute atomic E-state index is 0.0103. The van der Waals surface area contributed by atoms with Gasteiger partial charge in [0.1, 0.15) is 5.75 Å². The van der Waals surface area contributed by atoms with Gasteiger partial charge in [0.2, 0.25) is 11.8 Å². The number of β-amino-alcohol motifs (C(OH)–C–C–N with tert-alkyl or cyclic N) is 1. The molecule has 1 atom stereocenters. The van der Waals surface area contributed by atoms with Crippen molar-refractivity contribution in [2.75, 3.05) is 26.7 Å². The fourth-order valence-corrected chi connectivity index (χ4v) is 3.49. The number of piperidine rings is 1. The molecule has 3 rings (SSSR count). The second kappa shape index (κ2) is 6.81. The first kappa shape index (κ1) is 16.8. The highest BCUT2D eigenvalue weighted by atomic mass is 16.5. The van der Waals surface area contributed by atoms with Crippen LogP contribution in [0, 0.1) is 0 Å². The number of nitrogens with zero attached hydrogens (tertiary/aromatic N) is 1. The summed E-state index contributed by atoms with van der Waals surface area (Å²) in [7, 11) is 1.55. The van der Waals surface area contributed by atoms with E-state index in [1.54, 1.807) is 11.9 Å². The van der Waals surface area contributed by atoms with Gasteiger partial charge in [-0.25, -0.2) is 0 Å². The number of likely N-dealkylation sites (tertiary alicyclic amines) is 1. The fraction of sp³-hybridized carbons (Fsp3) is 0.556. The van der Waals surface area contributed by atoms with E-state index >= 15 is 0 Å². The quantitative estimate of drug-likeness (QED) is 0.849. The maximum atomic E-state index is 12.6. The monoisotopic (exact) mass is 332 g/mol. The standard InChI is InChI=1S/C18H24N2O4/c1-19-16(21)11-18(23)6-2-7-20(12-18)17(22)10-13-3-4-15-14(9-13)5-8-24-15/h3-4,9,23H,2,5-8,10-12H2,1H3,(H,19,21). The van der Waals surface area contributed by atoms with Crippen molar-refractivity contribution < 1.29 is 19.4 Å². The minimum atomic E-state index is -1.13. The lowest BCUT2D eigenvalue weighted by Crippen LogP contribution is -2.52. The van der Waals surface area contributed by atoms with E-state index in [-0.39, 0.29) is 24.8 Å². The van der Waals surface area contributed by atoms with Crippen molar-refractivity contribution in [2.24, 2.45) is 0 Å². The third-order valence-corrected chi connectivity index (χ3v) is 4.79. The average molecular weight is 332 g/mol. The normalized spacial score (nSPS) is 22.7. The van der Waals surface area contributed by atoms with Gasteiger partial charge in [0.15, 0.2) is 0 Å². The Morgan fingerprint density at radius 2 is 2.25 bits per heavy atom. The van der Waals surface area contributed by atoms with Crippen LogP contribution in [0.25, 0.3) is 0 Å². The van der Waals surface area contributed by atoms with Crippen molar-refractivity contribution in [2.45, 2.75) is 37.7 Å². The van der Waals surface area contributed by atoms with Crippen molar-refractivity contribution in [1.82, 2.24) is 10.2 Å². The number of fused-ring (bicyclic) bond motifs is 1. The van der Waals surface area contributed by atoms with E-state index in [4.69, 9.17) is 4.74 Å². The van der Waals surface area contributed by atoms with Crippen LogP contribution in [0.3, 0.4) is 0 Å². The first-order valence-corrected chi connectivity index (χ1v) is 8.44. The number of hydrogen-bond donors (Lipinski definition) is 2. The van der Waals surface area contributed by atoms with Crippen LogP contribution >= 0.6 is 0 Å². The van der Waals surface area contributed by atoms with Crippen LogP contribution in [0.1, 0.15) is 30.4 Å². The van der Waals surface area contributed by atoms with Crippen LogP contribution in [0.4, 0.5) is 0 Å². The van der Waals surface area contributed by atoms with Crippen molar-refractivity contribution in [1.29, 1.82) is 0 Å². The SMILES string of the molecule is CNC(=O)CC1(O)CCCN(C(=O)Cc2ccc3c(c2)CCO3)C1. The number of carbonyl (C=O) groups is 2.